The van der Waals surface area contributed by atoms with E-state index in [2.05, 4.69) is 39.0 Å². The summed E-state index contributed by atoms with van der Waals surface area (Å²) in [4.78, 5) is 31.6. The van der Waals surface area contributed by atoms with Crippen molar-refractivity contribution in [2.24, 2.45) is 7.05 Å². The Bertz CT molecular complexity index is 1310. The Morgan fingerprint density at radius 2 is 1.74 bits per heavy atom. The van der Waals surface area contributed by atoms with Crippen LogP contribution in [0.4, 0.5) is 0 Å². The first kappa shape index (κ1) is 23.1. The molecule has 5 rings (SSSR count). The summed E-state index contributed by atoms with van der Waals surface area (Å²) >= 11 is 1.35. The van der Waals surface area contributed by atoms with Gasteiger partial charge < -0.3 is 0 Å². The summed E-state index contributed by atoms with van der Waals surface area (Å²) in [5.74, 6) is 0.297. The highest BCUT2D eigenvalue weighted by Gasteiger charge is 2.44. The minimum absolute atomic E-state index is 0.0464. The first-order chi connectivity index (χ1) is 16.2. The van der Waals surface area contributed by atoms with Gasteiger partial charge in [-0.15, -0.1) is 0 Å². The van der Waals surface area contributed by atoms with Crippen molar-refractivity contribution < 1.29 is 4.79 Å². The quantitative estimate of drug-likeness (QED) is 0.262. The van der Waals surface area contributed by atoms with Gasteiger partial charge in [-0.3, -0.25) is 14.2 Å². The normalized spacial score (nSPS) is 16.4. The lowest BCUT2D eigenvalue weighted by molar-refractivity contribution is 0.102. The van der Waals surface area contributed by atoms with Crippen molar-refractivity contribution in [3.8, 4) is 11.3 Å². The molecule has 0 N–H and O–H groups in total. The average molecular weight is 473 g/mol. The van der Waals surface area contributed by atoms with Crippen molar-refractivity contribution in [1.82, 2.24) is 9.55 Å². The van der Waals surface area contributed by atoms with Gasteiger partial charge in [0.15, 0.2) is 10.9 Å². The van der Waals surface area contributed by atoms with Crippen LogP contribution < -0.4 is 5.56 Å². The molecule has 4 nitrogen and oxygen atoms in total. The molecule has 2 aromatic carbocycles. The zero-order valence-electron chi connectivity index (χ0n) is 20.5. The van der Waals surface area contributed by atoms with Gasteiger partial charge in [-0.25, -0.2) is 4.98 Å². The van der Waals surface area contributed by atoms with Crippen LogP contribution in [-0.4, -0.2) is 21.1 Å². The van der Waals surface area contributed by atoms with Crippen molar-refractivity contribution in [2.75, 3.05) is 5.75 Å². The number of aromatic nitrogens is 2. The van der Waals surface area contributed by atoms with E-state index < -0.39 is 0 Å². The molecule has 3 aromatic rings. The lowest BCUT2D eigenvalue weighted by Crippen LogP contribution is -2.39. The Morgan fingerprint density at radius 3 is 2.41 bits per heavy atom. The molecule has 2 aliphatic rings. The minimum Gasteiger partial charge on any atom is -0.293 e. The molecule has 0 unspecified atom stereocenters. The fourth-order valence-electron chi connectivity index (χ4n) is 5.59. The number of benzene rings is 2. The number of fused-ring (bicyclic) bond motifs is 4. The predicted octanol–water partition coefficient (Wildman–Crippen LogP) is 6.09. The molecule has 1 heterocycles. The lowest BCUT2D eigenvalue weighted by atomic mass is 9.68. The van der Waals surface area contributed by atoms with Crippen LogP contribution in [0.15, 0.2) is 58.5 Å². The number of carbonyl (C=O) groups excluding carboxylic acids is 1. The van der Waals surface area contributed by atoms with E-state index in [1.807, 2.05) is 30.3 Å². The summed E-state index contributed by atoms with van der Waals surface area (Å²) in [7, 11) is 1.80. The Labute approximate surface area is 205 Å². The van der Waals surface area contributed by atoms with Crippen molar-refractivity contribution in [3.63, 3.8) is 0 Å². The highest BCUT2D eigenvalue weighted by atomic mass is 32.2. The van der Waals surface area contributed by atoms with Gasteiger partial charge in [0.2, 0.25) is 0 Å². The van der Waals surface area contributed by atoms with E-state index >= 15 is 0 Å². The van der Waals surface area contributed by atoms with Gasteiger partial charge in [-0.05, 0) is 35.8 Å². The summed E-state index contributed by atoms with van der Waals surface area (Å²) in [5, 5.41) is 0.605. The Hall–Kier alpha value is -2.66. The number of Topliss-reactive ketones (excluding diaryl/α,β-unsaturated/α-hetero) is 1. The molecule has 1 aromatic heterocycles. The number of thioether (sulfide) groups is 1. The van der Waals surface area contributed by atoms with Gasteiger partial charge in [0, 0.05) is 23.6 Å². The molecule has 0 atom stereocenters. The van der Waals surface area contributed by atoms with Gasteiger partial charge in [-0.1, -0.05) is 93.9 Å². The van der Waals surface area contributed by atoms with Gasteiger partial charge in [0.25, 0.3) is 5.56 Å². The molecule has 0 amide bonds. The predicted molar refractivity (Wildman–Crippen MR) is 139 cm³/mol. The van der Waals surface area contributed by atoms with Gasteiger partial charge in [-0.2, -0.15) is 0 Å². The maximum absolute atomic E-state index is 13.7. The molecule has 0 radical (unpaired) electrons. The molecule has 1 fully saturated rings. The Kier molecular flexibility index (Phi) is 5.79. The fraction of sp³-hybridized carbons (Fsp3) is 0.414. The number of rotatable bonds is 4. The molecule has 0 aliphatic heterocycles. The second-order valence-electron chi connectivity index (χ2n) is 10.8. The summed E-state index contributed by atoms with van der Waals surface area (Å²) in [5.41, 5.74) is 5.96. The SMILES string of the molecule is Cn1c(SCC(=O)c2ccc(C(C)(C)C)cc2)nc2c(c1=O)C1(CCCC1)Cc1ccccc1-2. The number of ketones is 1. The van der Waals surface area contributed by atoms with Crippen LogP contribution in [0.25, 0.3) is 11.3 Å². The Balaban J connectivity index is 1.47. The highest BCUT2D eigenvalue weighted by Crippen LogP contribution is 2.49. The third-order valence-corrected chi connectivity index (χ3v) is 8.58. The highest BCUT2D eigenvalue weighted by molar-refractivity contribution is 7.99. The third-order valence-electron chi connectivity index (χ3n) is 7.55. The minimum atomic E-state index is -0.0979. The molecular formula is C29H32N2O2S. The molecule has 176 valence electrons. The second kappa shape index (κ2) is 8.53. The summed E-state index contributed by atoms with van der Waals surface area (Å²) in [6.45, 7) is 6.49. The van der Waals surface area contributed by atoms with Crippen molar-refractivity contribution >= 4 is 17.5 Å². The van der Waals surface area contributed by atoms with Crippen LogP contribution in [0.1, 0.15) is 73.5 Å². The third kappa shape index (κ3) is 3.94. The zero-order valence-corrected chi connectivity index (χ0v) is 21.3. The van der Waals surface area contributed by atoms with E-state index in [1.54, 1.807) is 11.6 Å². The van der Waals surface area contributed by atoms with Crippen molar-refractivity contribution in [3.05, 3.63) is 81.1 Å². The van der Waals surface area contributed by atoms with E-state index in [0.29, 0.717) is 10.7 Å². The number of hydrogen-bond donors (Lipinski definition) is 0. The van der Waals surface area contributed by atoms with E-state index in [-0.39, 0.29) is 27.9 Å². The zero-order chi connectivity index (χ0) is 24.1. The first-order valence-electron chi connectivity index (χ1n) is 12.2. The molecule has 34 heavy (non-hydrogen) atoms. The van der Waals surface area contributed by atoms with E-state index in [0.717, 1.165) is 48.9 Å². The molecule has 0 bridgehead atoms. The van der Waals surface area contributed by atoms with Crippen LogP contribution in [0.3, 0.4) is 0 Å². The standard InChI is InChI=1S/C29H32N2O2S/c1-28(2,3)21-13-11-19(12-14-21)23(32)18-34-27-30-25-22-10-6-5-9-20(22)17-29(15-7-8-16-29)24(25)26(33)31(27)4/h5-6,9-14H,7-8,15-18H2,1-4H3. The number of nitrogens with zero attached hydrogens (tertiary/aromatic N) is 2. The van der Waals surface area contributed by atoms with Crippen molar-refractivity contribution in [2.45, 2.75) is 68.9 Å². The van der Waals surface area contributed by atoms with Crippen LogP contribution in [-0.2, 0) is 24.3 Å². The first-order valence-corrected chi connectivity index (χ1v) is 13.1. The number of hydrogen-bond acceptors (Lipinski definition) is 4. The number of carbonyl (C=O) groups is 1. The maximum Gasteiger partial charge on any atom is 0.258 e. The monoisotopic (exact) mass is 472 g/mol. The summed E-state index contributed by atoms with van der Waals surface area (Å²) in [6.07, 6.45) is 5.32. The van der Waals surface area contributed by atoms with Gasteiger partial charge in [0.05, 0.1) is 17.0 Å². The van der Waals surface area contributed by atoms with E-state index in [4.69, 9.17) is 4.98 Å². The summed E-state index contributed by atoms with van der Waals surface area (Å²) < 4.78 is 1.66. The van der Waals surface area contributed by atoms with Crippen LogP contribution >= 0.6 is 11.8 Å². The molecule has 5 heteroatoms. The maximum atomic E-state index is 13.7. The Morgan fingerprint density at radius 1 is 1.06 bits per heavy atom. The molecular weight excluding hydrogens is 440 g/mol. The van der Waals surface area contributed by atoms with E-state index in [9.17, 15) is 9.59 Å². The lowest BCUT2D eigenvalue weighted by Gasteiger charge is -2.36. The topological polar surface area (TPSA) is 52.0 Å². The summed E-state index contributed by atoms with van der Waals surface area (Å²) in [6, 6.07) is 16.2. The largest absolute Gasteiger partial charge is 0.293 e. The smallest absolute Gasteiger partial charge is 0.258 e. The molecule has 0 saturated heterocycles. The van der Waals surface area contributed by atoms with Crippen LogP contribution in [0.5, 0.6) is 0 Å². The van der Waals surface area contributed by atoms with Gasteiger partial charge in [0.1, 0.15) is 0 Å². The van der Waals surface area contributed by atoms with Gasteiger partial charge >= 0.3 is 0 Å². The second-order valence-corrected chi connectivity index (χ2v) is 11.8. The fourth-order valence-corrected chi connectivity index (χ4v) is 6.45. The van der Waals surface area contributed by atoms with Crippen molar-refractivity contribution in [1.29, 1.82) is 0 Å². The molecule has 1 saturated carbocycles. The average Bonchev–Trinajstić information content (AvgIpc) is 3.27. The van der Waals surface area contributed by atoms with Crippen LogP contribution in [0.2, 0.25) is 0 Å². The van der Waals surface area contributed by atoms with E-state index in [1.165, 1.54) is 22.9 Å². The molecule has 1 spiro atoms. The molecule has 2 aliphatic carbocycles. The van der Waals surface area contributed by atoms with Crippen LogP contribution in [0, 0.1) is 0 Å².